The zero-order valence-corrected chi connectivity index (χ0v) is 18.8. The molecule has 170 valence electrons. The Hall–Kier alpha value is -4.00. The van der Waals surface area contributed by atoms with Crippen molar-refractivity contribution in [3.05, 3.63) is 83.9 Å². The van der Waals surface area contributed by atoms with Gasteiger partial charge in [0.15, 0.2) is 11.5 Å². The number of nitrogens with zero attached hydrogens (tertiary/aromatic N) is 1. The third-order valence-electron chi connectivity index (χ3n) is 5.54. The maximum Gasteiger partial charge on any atom is 0.248 e. The fraction of sp³-hybridized carbons (Fsp3) is 0.231. The van der Waals surface area contributed by atoms with Crippen LogP contribution in [0, 0.1) is 0 Å². The fourth-order valence-corrected chi connectivity index (χ4v) is 3.96. The molecule has 0 spiro atoms. The zero-order chi connectivity index (χ0) is 23.4. The number of hydrogen-bond donors (Lipinski definition) is 1. The van der Waals surface area contributed by atoms with E-state index in [0.29, 0.717) is 18.0 Å². The SMILES string of the molecule is COc1ccc(CN2C(=O)C(NC(C)=O)C2c2ccccc2)cc1OC.c1cc2cc(c1)O2. The van der Waals surface area contributed by atoms with Crippen LogP contribution in [-0.2, 0) is 16.1 Å². The van der Waals surface area contributed by atoms with E-state index in [9.17, 15) is 9.59 Å². The standard InChI is InChI=1S/C20H22N2O4.C6H4O/c1-13(23)21-18-19(15-7-5-4-6-8-15)22(20(18)24)12-14-9-10-16(25-2)17(11-14)26-3;1-2-5-4-6(3-1)7-5/h4-11,18-19H,12H2,1-3H3,(H,21,23);1-4H. The van der Waals surface area contributed by atoms with Crippen LogP contribution in [-0.4, -0.2) is 37.0 Å². The average Bonchev–Trinajstić information content (AvgIpc) is 2.83. The lowest BCUT2D eigenvalue weighted by Gasteiger charge is -2.47. The summed E-state index contributed by atoms with van der Waals surface area (Å²) < 4.78 is 15.6. The van der Waals surface area contributed by atoms with Gasteiger partial charge in [0.25, 0.3) is 0 Å². The second-order valence-electron chi connectivity index (χ2n) is 7.77. The molecule has 3 aliphatic rings. The van der Waals surface area contributed by atoms with E-state index in [2.05, 4.69) is 5.32 Å². The van der Waals surface area contributed by atoms with Gasteiger partial charge in [-0.3, -0.25) is 9.59 Å². The Kier molecular flexibility index (Phi) is 6.49. The lowest BCUT2D eigenvalue weighted by atomic mass is 9.87. The van der Waals surface area contributed by atoms with Gasteiger partial charge in [0.1, 0.15) is 17.5 Å². The molecule has 7 heteroatoms. The maximum absolute atomic E-state index is 12.6. The van der Waals surface area contributed by atoms with Crippen molar-refractivity contribution in [3.8, 4) is 23.0 Å². The number of methoxy groups -OCH3 is 2. The average molecular weight is 447 g/mol. The van der Waals surface area contributed by atoms with Gasteiger partial charge in [-0.25, -0.2) is 0 Å². The first-order valence-electron chi connectivity index (χ1n) is 10.6. The van der Waals surface area contributed by atoms with Crippen molar-refractivity contribution < 1.29 is 23.8 Å². The second-order valence-corrected chi connectivity index (χ2v) is 7.77. The second kappa shape index (κ2) is 9.65. The number of nitrogens with one attached hydrogen (secondary N) is 1. The maximum atomic E-state index is 12.6. The minimum atomic E-state index is -0.532. The van der Waals surface area contributed by atoms with Crippen LogP contribution >= 0.6 is 0 Å². The fourth-order valence-electron chi connectivity index (χ4n) is 3.96. The molecule has 2 bridgehead atoms. The van der Waals surface area contributed by atoms with E-state index in [-0.39, 0.29) is 17.9 Å². The number of amides is 2. The van der Waals surface area contributed by atoms with Gasteiger partial charge < -0.3 is 24.4 Å². The van der Waals surface area contributed by atoms with Gasteiger partial charge in [0, 0.05) is 19.5 Å². The lowest BCUT2D eigenvalue weighted by molar-refractivity contribution is -0.155. The predicted molar refractivity (Wildman–Crippen MR) is 123 cm³/mol. The lowest BCUT2D eigenvalue weighted by Crippen LogP contribution is -2.64. The van der Waals surface area contributed by atoms with Gasteiger partial charge in [-0.05, 0) is 35.4 Å². The Labute approximate surface area is 192 Å². The van der Waals surface area contributed by atoms with E-state index in [4.69, 9.17) is 14.2 Å². The van der Waals surface area contributed by atoms with Crippen LogP contribution < -0.4 is 19.5 Å². The zero-order valence-electron chi connectivity index (χ0n) is 18.8. The largest absolute Gasteiger partial charge is 0.493 e. The number of likely N-dealkylation sites (tertiary alicyclic amines) is 1. The van der Waals surface area contributed by atoms with Crippen LogP contribution in [0.1, 0.15) is 24.1 Å². The Morgan fingerprint density at radius 2 is 1.61 bits per heavy atom. The molecule has 0 aliphatic carbocycles. The number of carbonyl (C=O) groups excluding carboxylic acids is 2. The molecule has 2 amide bonds. The molecule has 7 nitrogen and oxygen atoms in total. The summed E-state index contributed by atoms with van der Waals surface area (Å²) in [5, 5.41) is 2.76. The number of fused-ring (bicyclic) bond motifs is 2. The van der Waals surface area contributed by atoms with Gasteiger partial charge in [-0.15, -0.1) is 0 Å². The number of β-lactam (4-membered cyclic amide) rings is 1. The first-order valence-corrected chi connectivity index (χ1v) is 10.6. The number of hydrogen-bond acceptors (Lipinski definition) is 5. The van der Waals surface area contributed by atoms with Crippen LogP contribution in [0.2, 0.25) is 0 Å². The molecule has 6 rings (SSSR count). The number of carbonyl (C=O) groups is 2. The van der Waals surface area contributed by atoms with Crippen molar-refractivity contribution in [2.75, 3.05) is 14.2 Å². The molecule has 2 unspecified atom stereocenters. The summed E-state index contributed by atoms with van der Waals surface area (Å²) >= 11 is 0. The Balaban J connectivity index is 0.000000310. The van der Waals surface area contributed by atoms with Crippen molar-refractivity contribution in [1.82, 2.24) is 10.2 Å². The molecule has 3 aromatic rings. The highest BCUT2D eigenvalue weighted by Crippen LogP contribution is 2.37. The quantitative estimate of drug-likeness (QED) is 0.452. The summed E-state index contributed by atoms with van der Waals surface area (Å²) in [6.45, 7) is 1.85. The third kappa shape index (κ3) is 4.77. The van der Waals surface area contributed by atoms with Crippen LogP contribution in [0.25, 0.3) is 0 Å². The topological polar surface area (TPSA) is 77.1 Å². The molecule has 0 saturated carbocycles. The minimum absolute atomic E-state index is 0.0937. The van der Waals surface area contributed by atoms with Crippen LogP contribution in [0.15, 0.2) is 72.8 Å². The number of rotatable bonds is 6. The van der Waals surface area contributed by atoms with Crippen molar-refractivity contribution >= 4 is 11.8 Å². The van der Waals surface area contributed by atoms with E-state index < -0.39 is 6.04 Å². The minimum Gasteiger partial charge on any atom is -0.493 e. The van der Waals surface area contributed by atoms with Gasteiger partial charge in [0.2, 0.25) is 11.8 Å². The molecule has 1 saturated heterocycles. The molecule has 3 aromatic carbocycles. The summed E-state index contributed by atoms with van der Waals surface area (Å²) in [5.41, 5.74) is 1.92. The van der Waals surface area contributed by atoms with Gasteiger partial charge in [-0.2, -0.15) is 0 Å². The Bertz CT molecular complexity index is 1120. The van der Waals surface area contributed by atoms with Crippen molar-refractivity contribution in [3.63, 3.8) is 0 Å². The highest BCUT2D eigenvalue weighted by atomic mass is 16.5. The van der Waals surface area contributed by atoms with E-state index >= 15 is 0 Å². The van der Waals surface area contributed by atoms with Crippen LogP contribution in [0.4, 0.5) is 0 Å². The van der Waals surface area contributed by atoms with Crippen molar-refractivity contribution in [2.24, 2.45) is 0 Å². The molecule has 33 heavy (non-hydrogen) atoms. The molecular formula is C26H26N2O5. The van der Waals surface area contributed by atoms with E-state index in [1.165, 1.54) is 6.92 Å². The van der Waals surface area contributed by atoms with E-state index in [0.717, 1.165) is 22.6 Å². The molecule has 2 atom stereocenters. The van der Waals surface area contributed by atoms with Gasteiger partial charge in [-0.1, -0.05) is 42.5 Å². The highest BCUT2D eigenvalue weighted by molar-refractivity contribution is 5.93. The molecule has 0 radical (unpaired) electrons. The van der Waals surface area contributed by atoms with Gasteiger partial charge in [0.05, 0.1) is 20.3 Å². The van der Waals surface area contributed by atoms with Gasteiger partial charge >= 0.3 is 0 Å². The molecule has 0 aromatic heterocycles. The third-order valence-corrected chi connectivity index (χ3v) is 5.54. The molecule has 1 fully saturated rings. The van der Waals surface area contributed by atoms with E-state index in [1.54, 1.807) is 19.1 Å². The summed E-state index contributed by atoms with van der Waals surface area (Å²) in [6, 6.07) is 22.4. The van der Waals surface area contributed by atoms with Crippen LogP contribution in [0.5, 0.6) is 23.0 Å². The summed E-state index contributed by atoms with van der Waals surface area (Å²) in [7, 11) is 3.16. The molecule has 3 heterocycles. The van der Waals surface area contributed by atoms with E-state index in [1.807, 2.05) is 72.8 Å². The summed E-state index contributed by atoms with van der Waals surface area (Å²) in [4.78, 5) is 25.9. The predicted octanol–water partition coefficient (Wildman–Crippen LogP) is 4.08. The Morgan fingerprint density at radius 3 is 2.12 bits per heavy atom. The van der Waals surface area contributed by atoms with Crippen molar-refractivity contribution in [1.29, 1.82) is 0 Å². The smallest absolute Gasteiger partial charge is 0.248 e. The number of ether oxygens (including phenoxy) is 3. The Morgan fingerprint density at radius 1 is 0.939 bits per heavy atom. The first-order chi connectivity index (χ1) is 16.0. The highest BCUT2D eigenvalue weighted by Gasteiger charge is 2.48. The first kappa shape index (κ1) is 22.2. The summed E-state index contributed by atoms with van der Waals surface area (Å²) in [6.07, 6.45) is 0. The molecule has 1 N–H and O–H groups in total. The monoisotopic (exact) mass is 446 g/mol. The normalized spacial score (nSPS) is 17.4. The molecule has 3 aliphatic heterocycles. The van der Waals surface area contributed by atoms with Crippen LogP contribution in [0.3, 0.4) is 0 Å². The molecular weight excluding hydrogens is 420 g/mol. The summed E-state index contributed by atoms with van der Waals surface area (Å²) in [5.74, 6) is 2.92. The van der Waals surface area contributed by atoms with Crippen molar-refractivity contribution in [2.45, 2.75) is 25.6 Å². The number of benzene rings is 3.